The molecule has 0 fully saturated rings. The highest BCUT2D eigenvalue weighted by molar-refractivity contribution is 6.10. The molecular weight excluding hydrogens is 348 g/mol. The lowest BCUT2D eigenvalue weighted by Crippen LogP contribution is -2.01. The fourth-order valence-corrected chi connectivity index (χ4v) is 2.24. The zero-order valence-electron chi connectivity index (χ0n) is 14.6. The molecular formula is C21H18O6. The maximum Gasteiger partial charge on any atom is 0.163 e. The van der Waals surface area contributed by atoms with Gasteiger partial charge in [0.15, 0.2) is 29.4 Å². The molecule has 0 amide bonds. The molecule has 0 heterocycles. The number of ether oxygens (including phenoxy) is 1. The number of aldehydes is 1. The topological polar surface area (TPSA) is 101 Å². The van der Waals surface area contributed by atoms with Crippen LogP contribution in [0.25, 0.3) is 12.2 Å². The number of benzene rings is 2. The lowest BCUT2D eigenvalue weighted by atomic mass is 10.1. The van der Waals surface area contributed by atoms with E-state index in [-0.39, 0.29) is 35.0 Å². The van der Waals surface area contributed by atoms with Crippen LogP contribution in [0.2, 0.25) is 0 Å². The molecule has 0 aliphatic heterocycles. The number of aromatic hydroxyl groups is 2. The molecule has 0 radical (unpaired) electrons. The fraction of sp³-hybridized carbons (Fsp3) is 0.0952. The Morgan fingerprint density at radius 3 is 2.04 bits per heavy atom. The molecule has 0 bridgehead atoms. The van der Waals surface area contributed by atoms with Crippen molar-refractivity contribution in [2.75, 3.05) is 7.11 Å². The second-order valence-electron chi connectivity index (χ2n) is 5.64. The van der Waals surface area contributed by atoms with Crippen LogP contribution in [0.3, 0.4) is 0 Å². The van der Waals surface area contributed by atoms with Crippen molar-refractivity contribution in [3.05, 3.63) is 65.2 Å². The van der Waals surface area contributed by atoms with Gasteiger partial charge in [0, 0.05) is 0 Å². The number of methoxy groups -OCH3 is 1. The molecule has 0 spiro atoms. The van der Waals surface area contributed by atoms with E-state index in [1.807, 2.05) is 0 Å². The van der Waals surface area contributed by atoms with Crippen LogP contribution < -0.4 is 4.74 Å². The van der Waals surface area contributed by atoms with E-state index in [9.17, 15) is 24.6 Å². The third-order valence-electron chi connectivity index (χ3n) is 3.65. The SMILES string of the molecule is COc1cc(/C=C\C(=O)CC(=O)C=Cc2ccc(O)c(C=O)c2)ccc1O. The second-order valence-corrected chi connectivity index (χ2v) is 5.64. The highest BCUT2D eigenvalue weighted by Gasteiger charge is 2.05. The maximum atomic E-state index is 11.9. The summed E-state index contributed by atoms with van der Waals surface area (Å²) in [7, 11) is 1.42. The molecule has 6 nitrogen and oxygen atoms in total. The first-order chi connectivity index (χ1) is 12.9. The Hall–Kier alpha value is -3.67. The first-order valence-corrected chi connectivity index (χ1v) is 8.00. The Labute approximate surface area is 156 Å². The van der Waals surface area contributed by atoms with Crippen molar-refractivity contribution < 1.29 is 29.3 Å². The molecule has 2 aromatic carbocycles. The number of phenolic OH excluding ortho intramolecular Hbond substituents is 2. The number of allylic oxidation sites excluding steroid dienone is 2. The predicted octanol–water partition coefficient (Wildman–Crippen LogP) is 3.17. The van der Waals surface area contributed by atoms with Gasteiger partial charge in [0.2, 0.25) is 0 Å². The Kier molecular flexibility index (Phi) is 6.66. The number of phenols is 2. The smallest absolute Gasteiger partial charge is 0.163 e. The van der Waals surface area contributed by atoms with Crippen molar-refractivity contribution in [3.63, 3.8) is 0 Å². The van der Waals surface area contributed by atoms with Gasteiger partial charge >= 0.3 is 0 Å². The maximum absolute atomic E-state index is 11.9. The molecule has 0 aromatic heterocycles. The van der Waals surface area contributed by atoms with Crippen molar-refractivity contribution in [2.24, 2.45) is 0 Å². The van der Waals surface area contributed by atoms with Gasteiger partial charge in [-0.2, -0.15) is 0 Å². The van der Waals surface area contributed by atoms with Gasteiger partial charge in [0.25, 0.3) is 0 Å². The van der Waals surface area contributed by atoms with Crippen LogP contribution >= 0.6 is 0 Å². The van der Waals surface area contributed by atoms with E-state index in [1.165, 1.54) is 49.6 Å². The zero-order valence-corrected chi connectivity index (χ0v) is 14.6. The third kappa shape index (κ3) is 5.67. The van der Waals surface area contributed by atoms with Crippen molar-refractivity contribution in [1.29, 1.82) is 0 Å². The molecule has 0 atom stereocenters. The van der Waals surface area contributed by atoms with Gasteiger partial charge in [0.05, 0.1) is 19.1 Å². The first-order valence-electron chi connectivity index (χ1n) is 8.00. The standard InChI is InChI=1S/C21H18O6/c1-27-21-11-15(5-9-20(21)26)3-7-18(24)12-17(23)6-2-14-4-8-19(25)16(10-14)13-22/h2-11,13,25-26H,12H2,1H3/b6-2?,7-3-. The third-order valence-corrected chi connectivity index (χ3v) is 3.65. The zero-order chi connectivity index (χ0) is 19.8. The lowest BCUT2D eigenvalue weighted by molar-refractivity contribution is -0.121. The van der Waals surface area contributed by atoms with E-state index in [1.54, 1.807) is 18.2 Å². The van der Waals surface area contributed by atoms with Gasteiger partial charge in [-0.1, -0.05) is 24.3 Å². The summed E-state index contributed by atoms with van der Waals surface area (Å²) in [5, 5.41) is 19.0. The molecule has 2 N–H and O–H groups in total. The minimum absolute atomic E-state index is 0.00624. The Morgan fingerprint density at radius 1 is 0.926 bits per heavy atom. The minimum atomic E-state index is -0.395. The summed E-state index contributed by atoms with van der Waals surface area (Å²) in [6, 6.07) is 8.96. The highest BCUT2D eigenvalue weighted by Crippen LogP contribution is 2.26. The molecule has 138 valence electrons. The number of rotatable bonds is 8. The first kappa shape index (κ1) is 19.7. The van der Waals surface area contributed by atoms with Crippen LogP contribution in [0.15, 0.2) is 48.6 Å². The molecule has 0 aliphatic carbocycles. The van der Waals surface area contributed by atoms with Crippen molar-refractivity contribution in [1.82, 2.24) is 0 Å². The Bertz CT molecular complexity index is 924. The summed E-state index contributed by atoms with van der Waals surface area (Å²) < 4.78 is 4.99. The van der Waals surface area contributed by atoms with Crippen LogP contribution in [-0.2, 0) is 9.59 Å². The average Bonchev–Trinajstić information content (AvgIpc) is 2.66. The normalized spacial score (nSPS) is 11.0. The lowest BCUT2D eigenvalue weighted by Gasteiger charge is -2.03. The molecule has 2 aromatic rings. The highest BCUT2D eigenvalue weighted by atomic mass is 16.5. The number of hydrogen-bond acceptors (Lipinski definition) is 6. The van der Waals surface area contributed by atoms with E-state index in [0.29, 0.717) is 17.4 Å². The van der Waals surface area contributed by atoms with Crippen molar-refractivity contribution >= 4 is 30.0 Å². The largest absolute Gasteiger partial charge is 0.507 e. The van der Waals surface area contributed by atoms with Crippen LogP contribution in [0.4, 0.5) is 0 Å². The molecule has 0 unspecified atom stereocenters. The van der Waals surface area contributed by atoms with E-state index in [4.69, 9.17) is 4.74 Å². The number of carbonyl (C=O) groups excluding carboxylic acids is 3. The summed E-state index contributed by atoms with van der Waals surface area (Å²) in [6.07, 6.45) is 5.73. The molecule has 0 saturated carbocycles. The fourth-order valence-electron chi connectivity index (χ4n) is 2.24. The van der Waals surface area contributed by atoms with Gasteiger partial charge in [-0.05, 0) is 47.5 Å². The van der Waals surface area contributed by atoms with E-state index < -0.39 is 5.78 Å². The molecule has 6 heteroatoms. The van der Waals surface area contributed by atoms with E-state index in [2.05, 4.69) is 0 Å². The summed E-state index contributed by atoms with van der Waals surface area (Å²) >= 11 is 0. The number of ketones is 2. The molecule has 2 rings (SSSR count). The van der Waals surface area contributed by atoms with Gasteiger partial charge < -0.3 is 14.9 Å². The van der Waals surface area contributed by atoms with E-state index in [0.717, 1.165) is 0 Å². The van der Waals surface area contributed by atoms with Crippen molar-refractivity contribution in [3.8, 4) is 17.2 Å². The minimum Gasteiger partial charge on any atom is -0.507 e. The number of carbonyl (C=O) groups is 3. The van der Waals surface area contributed by atoms with Gasteiger partial charge in [-0.3, -0.25) is 14.4 Å². The van der Waals surface area contributed by atoms with Gasteiger partial charge in [0.1, 0.15) is 5.75 Å². The predicted molar refractivity (Wildman–Crippen MR) is 101 cm³/mol. The second kappa shape index (κ2) is 9.15. The van der Waals surface area contributed by atoms with Gasteiger partial charge in [-0.25, -0.2) is 0 Å². The quantitative estimate of drug-likeness (QED) is 0.423. The van der Waals surface area contributed by atoms with Crippen LogP contribution in [-0.4, -0.2) is 35.2 Å². The van der Waals surface area contributed by atoms with E-state index >= 15 is 0 Å². The summed E-state index contributed by atoms with van der Waals surface area (Å²) in [4.78, 5) is 34.6. The number of hydrogen-bond donors (Lipinski definition) is 2. The Balaban J connectivity index is 1.97. The van der Waals surface area contributed by atoms with Crippen LogP contribution in [0.5, 0.6) is 17.2 Å². The Morgan fingerprint density at radius 2 is 1.48 bits per heavy atom. The van der Waals surface area contributed by atoms with Gasteiger partial charge in [-0.15, -0.1) is 0 Å². The summed E-state index contributed by atoms with van der Waals surface area (Å²) in [5.41, 5.74) is 1.32. The molecule has 0 aliphatic rings. The van der Waals surface area contributed by atoms with Crippen LogP contribution in [0.1, 0.15) is 27.9 Å². The summed E-state index contributed by atoms with van der Waals surface area (Å²) in [6.45, 7) is 0. The van der Waals surface area contributed by atoms with Crippen LogP contribution in [0, 0.1) is 0 Å². The average molecular weight is 366 g/mol. The summed E-state index contributed by atoms with van der Waals surface area (Å²) in [5.74, 6) is -0.634. The monoisotopic (exact) mass is 366 g/mol. The molecule has 0 saturated heterocycles. The molecule has 27 heavy (non-hydrogen) atoms. The van der Waals surface area contributed by atoms with Crippen molar-refractivity contribution in [2.45, 2.75) is 6.42 Å².